The maximum atomic E-state index is 13.3. The molecule has 3 N–H and O–H groups in total. The van der Waals surface area contributed by atoms with Gasteiger partial charge in [0.15, 0.2) is 0 Å². The van der Waals surface area contributed by atoms with E-state index >= 15 is 0 Å². The van der Waals surface area contributed by atoms with Gasteiger partial charge in [0.25, 0.3) is 0 Å². The van der Waals surface area contributed by atoms with E-state index < -0.39 is 12.1 Å². The number of rotatable bonds is 6. The lowest BCUT2D eigenvalue weighted by atomic mass is 9.83. The first-order chi connectivity index (χ1) is 15.1. The molecule has 0 aromatic heterocycles. The van der Waals surface area contributed by atoms with Crippen LogP contribution in [-0.2, 0) is 20.7 Å². The van der Waals surface area contributed by atoms with Crippen molar-refractivity contribution in [1.29, 1.82) is 0 Å². The number of hydrogen-bond donors (Lipinski definition) is 2. The Kier molecular flexibility index (Phi) is 6.94. The van der Waals surface area contributed by atoms with Crippen molar-refractivity contribution >= 4 is 11.8 Å². The van der Waals surface area contributed by atoms with E-state index in [0.717, 1.165) is 43.2 Å². The van der Waals surface area contributed by atoms with Crippen LogP contribution in [0.25, 0.3) is 0 Å². The lowest BCUT2D eigenvalue weighted by Gasteiger charge is -2.33. The summed E-state index contributed by atoms with van der Waals surface area (Å²) in [6, 6.07) is 6.80. The van der Waals surface area contributed by atoms with Crippen LogP contribution in [-0.4, -0.2) is 48.1 Å². The number of nitrogens with two attached hydrogens (primary N) is 1. The molecule has 0 radical (unpaired) electrons. The number of amides is 2. The highest BCUT2D eigenvalue weighted by Gasteiger charge is 2.41. The quantitative estimate of drug-likeness (QED) is 0.688. The third-order valence-electron chi connectivity index (χ3n) is 7.14. The van der Waals surface area contributed by atoms with Gasteiger partial charge >= 0.3 is 0 Å². The maximum Gasteiger partial charge on any atom is 0.243 e. The highest BCUT2D eigenvalue weighted by atomic mass is 16.5. The molecule has 1 aromatic rings. The van der Waals surface area contributed by atoms with E-state index in [1.807, 2.05) is 18.2 Å². The van der Waals surface area contributed by atoms with Crippen LogP contribution in [0, 0.1) is 18.3 Å². The zero-order valence-electron chi connectivity index (χ0n) is 18.1. The molecule has 2 amide bonds. The third-order valence-corrected chi connectivity index (χ3v) is 7.14. The molecule has 2 unspecified atom stereocenters. The Morgan fingerprint density at radius 2 is 1.97 bits per heavy atom. The van der Waals surface area contributed by atoms with Crippen LogP contribution in [0.2, 0.25) is 0 Å². The fourth-order valence-corrected chi connectivity index (χ4v) is 5.48. The van der Waals surface area contributed by atoms with Crippen LogP contribution in [0.5, 0.6) is 0 Å². The van der Waals surface area contributed by atoms with Gasteiger partial charge in [-0.1, -0.05) is 49.4 Å². The number of likely N-dealkylation sites (tertiary alicyclic amines) is 1. The molecule has 0 bridgehead atoms. The summed E-state index contributed by atoms with van der Waals surface area (Å²) in [7, 11) is 0. The number of terminal acetylenes is 1. The maximum absolute atomic E-state index is 13.3. The Labute approximate surface area is 184 Å². The number of ether oxygens (including phenoxy) is 1. The Balaban J connectivity index is 1.45. The summed E-state index contributed by atoms with van der Waals surface area (Å²) >= 11 is 0. The minimum absolute atomic E-state index is 0.0727. The van der Waals surface area contributed by atoms with Gasteiger partial charge in [-0.25, -0.2) is 0 Å². The van der Waals surface area contributed by atoms with E-state index in [9.17, 15) is 9.59 Å². The van der Waals surface area contributed by atoms with Gasteiger partial charge in [0.1, 0.15) is 12.6 Å². The topological polar surface area (TPSA) is 84.7 Å². The first kappa shape index (κ1) is 21.9. The predicted octanol–water partition coefficient (Wildman–Crippen LogP) is 2.32. The summed E-state index contributed by atoms with van der Waals surface area (Å²) in [4.78, 5) is 28.2. The molecule has 0 spiro atoms. The van der Waals surface area contributed by atoms with Crippen molar-refractivity contribution in [1.82, 2.24) is 10.2 Å². The van der Waals surface area contributed by atoms with E-state index in [2.05, 4.69) is 17.3 Å². The molecule has 1 heterocycles. The zero-order chi connectivity index (χ0) is 21.8. The van der Waals surface area contributed by atoms with E-state index in [4.69, 9.17) is 16.9 Å². The summed E-state index contributed by atoms with van der Waals surface area (Å²) in [6.45, 7) is 0.797. The monoisotopic (exact) mass is 423 g/mol. The minimum atomic E-state index is -0.507. The van der Waals surface area contributed by atoms with Gasteiger partial charge in [0.2, 0.25) is 11.8 Å². The van der Waals surface area contributed by atoms with Crippen LogP contribution in [0.3, 0.4) is 0 Å². The van der Waals surface area contributed by atoms with E-state index in [-0.39, 0.29) is 36.5 Å². The average Bonchev–Trinajstić information content (AvgIpc) is 3.42. The molecular weight excluding hydrogens is 390 g/mol. The first-order valence-electron chi connectivity index (χ1n) is 11.6. The van der Waals surface area contributed by atoms with Gasteiger partial charge in [-0.3, -0.25) is 9.59 Å². The molecule has 4 atom stereocenters. The van der Waals surface area contributed by atoms with Gasteiger partial charge < -0.3 is 20.7 Å². The Hall–Kier alpha value is -2.36. The normalized spacial score (nSPS) is 26.8. The molecular formula is C25H33N3O3. The van der Waals surface area contributed by atoms with Gasteiger partial charge in [0, 0.05) is 13.0 Å². The standard InChI is InChI=1S/C25H33N3O3/c1-2-15-31-21-16-18-11-6-7-12-19(18)23(21)27-24(29)20-13-8-14-28(20)25(30)22(26)17-9-4-3-5-10-17/h1,6-7,11-12,17,20-23H,3-5,8-10,13-16,26H2,(H,27,29)/t20?,21-,22?,23+/m1/s1. The lowest BCUT2D eigenvalue weighted by molar-refractivity contribution is -0.141. The molecule has 1 saturated heterocycles. The van der Waals surface area contributed by atoms with Crippen LogP contribution >= 0.6 is 0 Å². The highest BCUT2D eigenvalue weighted by molar-refractivity contribution is 5.90. The third kappa shape index (κ3) is 4.63. The number of nitrogens with zero attached hydrogens (tertiary/aromatic N) is 1. The van der Waals surface area contributed by atoms with Crippen molar-refractivity contribution in [3.8, 4) is 12.3 Å². The van der Waals surface area contributed by atoms with Crippen molar-refractivity contribution in [2.45, 2.75) is 75.6 Å². The summed E-state index contributed by atoms with van der Waals surface area (Å²) < 4.78 is 5.85. The second-order valence-corrected chi connectivity index (χ2v) is 9.06. The number of nitrogens with one attached hydrogen (secondary N) is 1. The van der Waals surface area contributed by atoms with Crippen LogP contribution in [0.15, 0.2) is 24.3 Å². The van der Waals surface area contributed by atoms with Crippen LogP contribution < -0.4 is 11.1 Å². The Morgan fingerprint density at radius 3 is 2.74 bits per heavy atom. The van der Waals surface area contributed by atoms with Crippen LogP contribution in [0.1, 0.15) is 62.1 Å². The van der Waals surface area contributed by atoms with E-state index in [1.54, 1.807) is 4.90 Å². The molecule has 1 aliphatic heterocycles. The Bertz CT molecular complexity index is 843. The number of benzene rings is 1. The van der Waals surface area contributed by atoms with E-state index in [1.165, 1.54) is 6.42 Å². The van der Waals surface area contributed by atoms with Crippen molar-refractivity contribution in [3.63, 3.8) is 0 Å². The fraction of sp³-hybridized carbons (Fsp3) is 0.600. The minimum Gasteiger partial charge on any atom is -0.363 e. The largest absolute Gasteiger partial charge is 0.363 e. The Morgan fingerprint density at radius 1 is 1.19 bits per heavy atom. The van der Waals surface area contributed by atoms with Crippen molar-refractivity contribution in [2.24, 2.45) is 11.7 Å². The molecule has 2 fully saturated rings. The molecule has 6 heteroatoms. The second-order valence-electron chi connectivity index (χ2n) is 9.06. The summed E-state index contributed by atoms with van der Waals surface area (Å²) in [5, 5.41) is 3.17. The number of carbonyl (C=O) groups excluding carboxylic acids is 2. The molecule has 3 aliphatic rings. The number of carbonyl (C=O) groups is 2. The lowest BCUT2D eigenvalue weighted by Crippen LogP contribution is -2.54. The molecule has 6 nitrogen and oxygen atoms in total. The second kappa shape index (κ2) is 9.84. The van der Waals surface area contributed by atoms with Crippen molar-refractivity contribution in [2.75, 3.05) is 13.2 Å². The summed E-state index contributed by atoms with van der Waals surface area (Å²) in [6.07, 6.45) is 12.9. The van der Waals surface area contributed by atoms with Gasteiger partial charge in [-0.05, 0) is 42.7 Å². The molecule has 31 heavy (non-hydrogen) atoms. The SMILES string of the molecule is C#CCO[C@@H]1Cc2ccccc2[C@@H]1NC(=O)C1CCCN1C(=O)C(N)C1CCCCC1. The fourth-order valence-electron chi connectivity index (χ4n) is 5.48. The predicted molar refractivity (Wildman–Crippen MR) is 119 cm³/mol. The number of hydrogen-bond acceptors (Lipinski definition) is 4. The summed E-state index contributed by atoms with van der Waals surface area (Å²) in [5.74, 6) is 2.54. The highest BCUT2D eigenvalue weighted by Crippen LogP contribution is 2.34. The molecule has 166 valence electrons. The van der Waals surface area contributed by atoms with Crippen molar-refractivity contribution in [3.05, 3.63) is 35.4 Å². The number of fused-ring (bicyclic) bond motifs is 1. The molecule has 1 saturated carbocycles. The summed E-state index contributed by atoms with van der Waals surface area (Å²) in [5.41, 5.74) is 8.60. The average molecular weight is 424 g/mol. The smallest absolute Gasteiger partial charge is 0.243 e. The van der Waals surface area contributed by atoms with E-state index in [0.29, 0.717) is 19.4 Å². The van der Waals surface area contributed by atoms with Crippen LogP contribution in [0.4, 0.5) is 0 Å². The molecule has 2 aliphatic carbocycles. The molecule has 1 aromatic carbocycles. The zero-order valence-corrected chi connectivity index (χ0v) is 18.1. The van der Waals surface area contributed by atoms with Crippen molar-refractivity contribution < 1.29 is 14.3 Å². The van der Waals surface area contributed by atoms with Gasteiger partial charge in [-0.15, -0.1) is 6.42 Å². The molecule has 4 rings (SSSR count). The first-order valence-corrected chi connectivity index (χ1v) is 11.6. The van der Waals surface area contributed by atoms with Gasteiger partial charge in [0.05, 0.1) is 18.2 Å². The van der Waals surface area contributed by atoms with Gasteiger partial charge in [-0.2, -0.15) is 0 Å².